The maximum atomic E-state index is 11.2. The molecule has 3 unspecified atom stereocenters. The molecule has 1 aliphatic carbocycles. The molecule has 0 heterocycles. The fraction of sp³-hybridized carbons (Fsp3) is 0.700. The number of hydrogen-bond donors (Lipinski definition) is 0. The van der Waals surface area contributed by atoms with Gasteiger partial charge in [0.1, 0.15) is 5.78 Å². The molecular weight excluding hydrogens is 136 g/mol. The zero-order chi connectivity index (χ0) is 8.59. The van der Waals surface area contributed by atoms with Crippen molar-refractivity contribution in [2.24, 2.45) is 17.8 Å². The molecule has 1 rings (SSSR count). The number of carbonyl (C=O) groups excluding carboxylic acids is 1. The van der Waals surface area contributed by atoms with Crippen LogP contribution >= 0.6 is 0 Å². The average molecular weight is 152 g/mol. The van der Waals surface area contributed by atoms with Gasteiger partial charge < -0.3 is 0 Å². The minimum Gasteiger partial charge on any atom is -0.299 e. The Labute approximate surface area is 68.5 Å². The summed E-state index contributed by atoms with van der Waals surface area (Å²) in [5, 5.41) is 0. The SMILES string of the molecule is CC(=O)C1C(C)=CC(C)C1C. The summed E-state index contributed by atoms with van der Waals surface area (Å²) in [6, 6.07) is 0. The molecule has 0 saturated heterocycles. The highest BCUT2D eigenvalue weighted by molar-refractivity contribution is 5.82. The molecule has 0 N–H and O–H groups in total. The summed E-state index contributed by atoms with van der Waals surface area (Å²) in [6.07, 6.45) is 2.22. The first-order valence-electron chi connectivity index (χ1n) is 4.22. The van der Waals surface area contributed by atoms with Crippen LogP contribution in [-0.4, -0.2) is 5.78 Å². The summed E-state index contributed by atoms with van der Waals surface area (Å²) in [5.74, 6) is 1.59. The van der Waals surface area contributed by atoms with Crippen molar-refractivity contribution in [3.63, 3.8) is 0 Å². The molecular formula is C10H16O. The van der Waals surface area contributed by atoms with E-state index in [4.69, 9.17) is 0 Å². The first-order valence-corrected chi connectivity index (χ1v) is 4.22. The van der Waals surface area contributed by atoms with Crippen LogP contribution < -0.4 is 0 Å². The summed E-state index contributed by atoms with van der Waals surface area (Å²) in [5.41, 5.74) is 1.26. The Hall–Kier alpha value is -0.590. The van der Waals surface area contributed by atoms with Crippen molar-refractivity contribution in [3.05, 3.63) is 11.6 Å². The fourth-order valence-electron chi connectivity index (χ4n) is 2.08. The zero-order valence-electron chi connectivity index (χ0n) is 7.72. The standard InChI is InChI=1S/C10H16O/c1-6-5-7(2)10(8(6)3)9(4)11/h5-6,8,10H,1-4H3. The maximum Gasteiger partial charge on any atom is 0.137 e. The van der Waals surface area contributed by atoms with Gasteiger partial charge in [0.05, 0.1) is 0 Å². The molecule has 1 nitrogen and oxygen atoms in total. The van der Waals surface area contributed by atoms with E-state index in [0.29, 0.717) is 17.6 Å². The second kappa shape index (κ2) is 2.80. The molecule has 1 heteroatoms. The predicted molar refractivity (Wildman–Crippen MR) is 46.3 cm³/mol. The van der Waals surface area contributed by atoms with Crippen molar-refractivity contribution in [2.75, 3.05) is 0 Å². The number of hydrogen-bond acceptors (Lipinski definition) is 1. The molecule has 0 amide bonds. The van der Waals surface area contributed by atoms with E-state index in [9.17, 15) is 4.79 Å². The lowest BCUT2D eigenvalue weighted by Gasteiger charge is -2.16. The van der Waals surface area contributed by atoms with Gasteiger partial charge >= 0.3 is 0 Å². The van der Waals surface area contributed by atoms with Gasteiger partial charge in [-0.05, 0) is 25.7 Å². The number of carbonyl (C=O) groups is 1. The van der Waals surface area contributed by atoms with Gasteiger partial charge in [0.2, 0.25) is 0 Å². The molecule has 0 aromatic heterocycles. The van der Waals surface area contributed by atoms with Gasteiger partial charge in [0, 0.05) is 5.92 Å². The van der Waals surface area contributed by atoms with Crippen LogP contribution in [0.3, 0.4) is 0 Å². The van der Waals surface area contributed by atoms with Crippen LogP contribution in [0.15, 0.2) is 11.6 Å². The Kier molecular flexibility index (Phi) is 2.17. The lowest BCUT2D eigenvalue weighted by molar-refractivity contribution is -0.120. The van der Waals surface area contributed by atoms with Crippen molar-refractivity contribution in [3.8, 4) is 0 Å². The monoisotopic (exact) mass is 152 g/mol. The van der Waals surface area contributed by atoms with Gasteiger partial charge in [-0.3, -0.25) is 4.79 Å². The van der Waals surface area contributed by atoms with Crippen LogP contribution in [0.1, 0.15) is 27.7 Å². The third kappa shape index (κ3) is 1.37. The second-order valence-corrected chi connectivity index (χ2v) is 3.72. The van der Waals surface area contributed by atoms with E-state index < -0.39 is 0 Å². The van der Waals surface area contributed by atoms with Gasteiger partial charge in [-0.25, -0.2) is 0 Å². The van der Waals surface area contributed by atoms with Gasteiger partial charge in [-0.15, -0.1) is 0 Å². The van der Waals surface area contributed by atoms with E-state index in [1.807, 2.05) is 0 Å². The first kappa shape index (κ1) is 8.51. The third-order valence-electron chi connectivity index (χ3n) is 2.81. The molecule has 0 spiro atoms. The Morgan fingerprint density at radius 2 is 2.00 bits per heavy atom. The normalized spacial score (nSPS) is 37.1. The molecule has 62 valence electrons. The predicted octanol–water partition coefficient (Wildman–Crippen LogP) is 2.42. The van der Waals surface area contributed by atoms with Gasteiger partial charge in [-0.2, -0.15) is 0 Å². The van der Waals surface area contributed by atoms with Crippen molar-refractivity contribution in [1.29, 1.82) is 0 Å². The largest absolute Gasteiger partial charge is 0.299 e. The summed E-state index contributed by atoms with van der Waals surface area (Å²) < 4.78 is 0. The molecule has 3 atom stereocenters. The third-order valence-corrected chi connectivity index (χ3v) is 2.81. The summed E-state index contributed by atoms with van der Waals surface area (Å²) in [4.78, 5) is 11.2. The van der Waals surface area contributed by atoms with E-state index in [-0.39, 0.29) is 5.92 Å². The maximum absolute atomic E-state index is 11.2. The number of Topliss-reactive ketones (excluding diaryl/α,β-unsaturated/α-hetero) is 1. The lowest BCUT2D eigenvalue weighted by Crippen LogP contribution is -2.18. The van der Waals surface area contributed by atoms with Crippen LogP contribution in [0.25, 0.3) is 0 Å². The van der Waals surface area contributed by atoms with Crippen LogP contribution in [-0.2, 0) is 4.79 Å². The fourth-order valence-corrected chi connectivity index (χ4v) is 2.08. The number of rotatable bonds is 1. The van der Waals surface area contributed by atoms with Crippen LogP contribution in [0, 0.1) is 17.8 Å². The van der Waals surface area contributed by atoms with E-state index in [1.54, 1.807) is 6.92 Å². The topological polar surface area (TPSA) is 17.1 Å². The van der Waals surface area contributed by atoms with E-state index in [0.717, 1.165) is 0 Å². The number of allylic oxidation sites excluding steroid dienone is 2. The number of ketones is 1. The Balaban J connectivity index is 2.83. The van der Waals surface area contributed by atoms with E-state index in [2.05, 4.69) is 26.8 Å². The smallest absolute Gasteiger partial charge is 0.137 e. The van der Waals surface area contributed by atoms with Crippen molar-refractivity contribution < 1.29 is 4.79 Å². The molecule has 0 saturated carbocycles. The van der Waals surface area contributed by atoms with Crippen LogP contribution in [0.2, 0.25) is 0 Å². The van der Waals surface area contributed by atoms with Gasteiger partial charge in [0.15, 0.2) is 0 Å². The zero-order valence-corrected chi connectivity index (χ0v) is 7.72. The van der Waals surface area contributed by atoms with E-state index in [1.165, 1.54) is 5.57 Å². The Morgan fingerprint density at radius 1 is 1.45 bits per heavy atom. The molecule has 0 bridgehead atoms. The molecule has 11 heavy (non-hydrogen) atoms. The van der Waals surface area contributed by atoms with Crippen LogP contribution in [0.4, 0.5) is 0 Å². The Morgan fingerprint density at radius 3 is 2.18 bits per heavy atom. The molecule has 0 aliphatic heterocycles. The summed E-state index contributed by atoms with van der Waals surface area (Å²) >= 11 is 0. The van der Waals surface area contributed by atoms with Gasteiger partial charge in [-0.1, -0.05) is 25.5 Å². The average Bonchev–Trinajstić information content (AvgIpc) is 2.07. The summed E-state index contributed by atoms with van der Waals surface area (Å²) in [6.45, 7) is 8.09. The minimum atomic E-state index is 0.199. The molecule has 0 fully saturated rings. The molecule has 1 aliphatic rings. The lowest BCUT2D eigenvalue weighted by atomic mass is 9.86. The highest BCUT2D eigenvalue weighted by Gasteiger charge is 2.31. The summed E-state index contributed by atoms with van der Waals surface area (Å²) in [7, 11) is 0. The van der Waals surface area contributed by atoms with Crippen LogP contribution in [0.5, 0.6) is 0 Å². The second-order valence-electron chi connectivity index (χ2n) is 3.72. The molecule has 0 aromatic carbocycles. The quantitative estimate of drug-likeness (QED) is 0.527. The Bertz CT molecular complexity index is 203. The molecule has 0 aromatic rings. The first-order chi connectivity index (χ1) is 5.04. The van der Waals surface area contributed by atoms with Crippen molar-refractivity contribution in [1.82, 2.24) is 0 Å². The highest BCUT2D eigenvalue weighted by atomic mass is 16.1. The van der Waals surface area contributed by atoms with Gasteiger partial charge in [0.25, 0.3) is 0 Å². The van der Waals surface area contributed by atoms with Crippen molar-refractivity contribution in [2.45, 2.75) is 27.7 Å². The highest BCUT2D eigenvalue weighted by Crippen LogP contribution is 2.35. The molecule has 0 radical (unpaired) electrons. The minimum absolute atomic E-state index is 0.199. The van der Waals surface area contributed by atoms with E-state index >= 15 is 0 Å². The van der Waals surface area contributed by atoms with Crippen molar-refractivity contribution >= 4 is 5.78 Å².